The van der Waals surface area contributed by atoms with Crippen LogP contribution >= 0.6 is 0 Å². The Morgan fingerprint density at radius 2 is 1.89 bits per heavy atom. The van der Waals surface area contributed by atoms with Crippen LogP contribution in [0.15, 0.2) is 24.3 Å². The fraction of sp³-hybridized carbons (Fsp3) is 0.588. The first-order chi connectivity index (χ1) is 9.06. The Balaban J connectivity index is 1.88. The van der Waals surface area contributed by atoms with E-state index in [9.17, 15) is 4.79 Å². The van der Waals surface area contributed by atoms with Gasteiger partial charge in [-0.3, -0.25) is 4.79 Å². The summed E-state index contributed by atoms with van der Waals surface area (Å²) in [7, 11) is 0. The number of rotatable bonds is 3. The number of amides is 1. The molecular weight excluding hydrogens is 234 g/mol. The number of benzene rings is 1. The van der Waals surface area contributed by atoms with Gasteiger partial charge in [-0.1, -0.05) is 56.5 Å². The van der Waals surface area contributed by atoms with Crippen molar-refractivity contribution in [3.05, 3.63) is 35.4 Å². The molecule has 0 heterocycles. The van der Waals surface area contributed by atoms with Crippen LogP contribution in [-0.2, 0) is 11.2 Å². The fourth-order valence-corrected chi connectivity index (χ4v) is 2.93. The fourth-order valence-electron chi connectivity index (χ4n) is 2.93. The van der Waals surface area contributed by atoms with Crippen molar-refractivity contribution in [1.29, 1.82) is 0 Å². The van der Waals surface area contributed by atoms with Crippen molar-refractivity contribution in [2.45, 2.75) is 52.5 Å². The van der Waals surface area contributed by atoms with Gasteiger partial charge in [-0.15, -0.1) is 0 Å². The van der Waals surface area contributed by atoms with E-state index in [-0.39, 0.29) is 5.91 Å². The first kappa shape index (κ1) is 14.1. The first-order valence-electron chi connectivity index (χ1n) is 7.41. The molecular formula is C17H25NO. The second-order valence-corrected chi connectivity index (χ2v) is 6.10. The van der Waals surface area contributed by atoms with Gasteiger partial charge in [0.2, 0.25) is 5.91 Å². The summed E-state index contributed by atoms with van der Waals surface area (Å²) < 4.78 is 0. The molecule has 1 fully saturated rings. The maximum absolute atomic E-state index is 12.1. The maximum Gasteiger partial charge on any atom is 0.224 e. The minimum Gasteiger partial charge on any atom is -0.353 e. The molecule has 0 radical (unpaired) electrons. The molecule has 104 valence electrons. The topological polar surface area (TPSA) is 29.1 Å². The van der Waals surface area contributed by atoms with Crippen LogP contribution in [0.25, 0.3) is 0 Å². The van der Waals surface area contributed by atoms with Crippen LogP contribution in [0.1, 0.15) is 44.2 Å². The third-order valence-electron chi connectivity index (χ3n) is 4.54. The molecule has 2 nitrogen and oxygen atoms in total. The highest BCUT2D eigenvalue weighted by atomic mass is 16.1. The molecule has 1 aliphatic rings. The molecule has 0 bridgehead atoms. The number of aryl methyl sites for hydroxylation is 1. The molecule has 19 heavy (non-hydrogen) atoms. The summed E-state index contributed by atoms with van der Waals surface area (Å²) in [5.74, 6) is 1.48. The van der Waals surface area contributed by atoms with Gasteiger partial charge in [0.05, 0.1) is 6.42 Å². The van der Waals surface area contributed by atoms with Gasteiger partial charge in [-0.2, -0.15) is 0 Å². The highest BCUT2D eigenvalue weighted by Gasteiger charge is 2.27. The molecule has 1 aliphatic carbocycles. The van der Waals surface area contributed by atoms with Crippen LogP contribution in [0.5, 0.6) is 0 Å². The van der Waals surface area contributed by atoms with Crippen LogP contribution < -0.4 is 5.32 Å². The SMILES string of the molecule is Cc1ccc(CC(=O)NC2CCCC(C)C2C)cc1. The monoisotopic (exact) mass is 259 g/mol. The Morgan fingerprint density at radius 3 is 2.58 bits per heavy atom. The minimum absolute atomic E-state index is 0.162. The van der Waals surface area contributed by atoms with Crippen LogP contribution in [0, 0.1) is 18.8 Å². The van der Waals surface area contributed by atoms with E-state index < -0.39 is 0 Å². The molecule has 2 rings (SSSR count). The Labute approximate surface area is 116 Å². The molecule has 2 heteroatoms. The Hall–Kier alpha value is -1.31. The average molecular weight is 259 g/mol. The molecule has 0 aromatic heterocycles. The molecule has 1 amide bonds. The molecule has 1 saturated carbocycles. The molecule has 3 atom stereocenters. The predicted molar refractivity (Wildman–Crippen MR) is 79.0 cm³/mol. The normalized spacial score (nSPS) is 27.0. The third kappa shape index (κ3) is 3.82. The second kappa shape index (κ2) is 6.23. The van der Waals surface area contributed by atoms with E-state index >= 15 is 0 Å². The van der Waals surface area contributed by atoms with Crippen molar-refractivity contribution >= 4 is 5.91 Å². The largest absolute Gasteiger partial charge is 0.353 e. The van der Waals surface area contributed by atoms with E-state index in [1.165, 1.54) is 18.4 Å². The summed E-state index contributed by atoms with van der Waals surface area (Å²) in [4.78, 5) is 12.1. The Kier molecular flexibility index (Phi) is 4.62. The number of carbonyl (C=O) groups excluding carboxylic acids is 1. The van der Waals surface area contributed by atoms with Crippen molar-refractivity contribution in [2.75, 3.05) is 0 Å². The predicted octanol–water partition coefficient (Wildman–Crippen LogP) is 3.48. The lowest BCUT2D eigenvalue weighted by Crippen LogP contribution is -2.44. The van der Waals surface area contributed by atoms with Crippen molar-refractivity contribution < 1.29 is 4.79 Å². The summed E-state index contributed by atoms with van der Waals surface area (Å²) in [6, 6.07) is 8.58. The van der Waals surface area contributed by atoms with Gasteiger partial charge in [0.1, 0.15) is 0 Å². The molecule has 0 spiro atoms. The first-order valence-corrected chi connectivity index (χ1v) is 7.41. The van der Waals surface area contributed by atoms with Crippen LogP contribution in [0.3, 0.4) is 0 Å². The lowest BCUT2D eigenvalue weighted by molar-refractivity contribution is -0.121. The summed E-state index contributed by atoms with van der Waals surface area (Å²) in [6.07, 6.45) is 4.16. The highest BCUT2D eigenvalue weighted by Crippen LogP contribution is 2.29. The molecule has 3 unspecified atom stereocenters. The van der Waals surface area contributed by atoms with Crippen molar-refractivity contribution in [2.24, 2.45) is 11.8 Å². The van der Waals surface area contributed by atoms with Crippen molar-refractivity contribution in [3.63, 3.8) is 0 Å². The van der Waals surface area contributed by atoms with Gasteiger partial charge < -0.3 is 5.32 Å². The Morgan fingerprint density at radius 1 is 1.21 bits per heavy atom. The van der Waals surface area contributed by atoms with Gasteiger partial charge in [0.15, 0.2) is 0 Å². The molecule has 0 aliphatic heterocycles. The zero-order chi connectivity index (χ0) is 13.8. The standard InChI is InChI=1S/C17H25NO/c1-12-7-9-15(10-8-12)11-17(19)18-16-6-4-5-13(2)14(16)3/h7-10,13-14,16H,4-6,11H2,1-3H3,(H,18,19). The lowest BCUT2D eigenvalue weighted by Gasteiger charge is -2.34. The number of carbonyl (C=O) groups is 1. The molecule has 1 N–H and O–H groups in total. The smallest absolute Gasteiger partial charge is 0.224 e. The average Bonchev–Trinajstić information content (AvgIpc) is 2.38. The zero-order valence-corrected chi connectivity index (χ0v) is 12.3. The van der Waals surface area contributed by atoms with E-state index in [0.29, 0.717) is 18.4 Å². The quantitative estimate of drug-likeness (QED) is 0.884. The second-order valence-electron chi connectivity index (χ2n) is 6.10. The van der Waals surface area contributed by atoms with Crippen molar-refractivity contribution in [3.8, 4) is 0 Å². The Bertz CT molecular complexity index is 423. The molecule has 1 aromatic carbocycles. The summed E-state index contributed by atoms with van der Waals surface area (Å²) in [5.41, 5.74) is 2.33. The zero-order valence-electron chi connectivity index (χ0n) is 12.3. The number of hydrogen-bond donors (Lipinski definition) is 1. The van der Waals surface area contributed by atoms with E-state index in [4.69, 9.17) is 0 Å². The molecule has 0 saturated heterocycles. The van der Waals surface area contributed by atoms with Gasteiger partial charge >= 0.3 is 0 Å². The maximum atomic E-state index is 12.1. The minimum atomic E-state index is 0.162. The van der Waals surface area contributed by atoms with Crippen LogP contribution in [0.2, 0.25) is 0 Å². The summed E-state index contributed by atoms with van der Waals surface area (Å²) in [5, 5.41) is 3.22. The van der Waals surface area contributed by atoms with Gasteiger partial charge in [0, 0.05) is 6.04 Å². The summed E-state index contributed by atoms with van der Waals surface area (Å²) >= 11 is 0. The van der Waals surface area contributed by atoms with E-state index in [1.807, 2.05) is 12.1 Å². The van der Waals surface area contributed by atoms with Crippen LogP contribution in [-0.4, -0.2) is 11.9 Å². The van der Waals surface area contributed by atoms with Gasteiger partial charge in [0.25, 0.3) is 0 Å². The van der Waals surface area contributed by atoms with Gasteiger partial charge in [-0.25, -0.2) is 0 Å². The number of nitrogens with one attached hydrogen (secondary N) is 1. The van der Waals surface area contributed by atoms with E-state index in [2.05, 4.69) is 38.2 Å². The molecule has 1 aromatic rings. The highest BCUT2D eigenvalue weighted by molar-refractivity contribution is 5.78. The van der Waals surface area contributed by atoms with E-state index in [0.717, 1.165) is 17.9 Å². The van der Waals surface area contributed by atoms with E-state index in [1.54, 1.807) is 0 Å². The summed E-state index contributed by atoms with van der Waals surface area (Å²) in [6.45, 7) is 6.62. The number of hydrogen-bond acceptors (Lipinski definition) is 1. The van der Waals surface area contributed by atoms with Crippen LogP contribution in [0.4, 0.5) is 0 Å². The van der Waals surface area contributed by atoms with Crippen molar-refractivity contribution in [1.82, 2.24) is 5.32 Å². The van der Waals surface area contributed by atoms with Gasteiger partial charge in [-0.05, 0) is 30.7 Å². The third-order valence-corrected chi connectivity index (χ3v) is 4.54. The lowest BCUT2D eigenvalue weighted by atomic mass is 9.78.